The van der Waals surface area contributed by atoms with Crippen molar-refractivity contribution in [1.82, 2.24) is 0 Å². The fourth-order valence-electron chi connectivity index (χ4n) is 2.16. The highest BCUT2D eigenvalue weighted by atomic mass is 16.7. The summed E-state index contributed by atoms with van der Waals surface area (Å²) in [6.07, 6.45) is 0. The highest BCUT2D eigenvalue weighted by Crippen LogP contribution is 2.37. The van der Waals surface area contributed by atoms with Gasteiger partial charge in [0.05, 0.1) is 25.2 Å². The zero-order valence-corrected chi connectivity index (χ0v) is 10.4. The van der Waals surface area contributed by atoms with E-state index >= 15 is 0 Å². The van der Waals surface area contributed by atoms with Gasteiger partial charge in [0.1, 0.15) is 0 Å². The van der Waals surface area contributed by atoms with Gasteiger partial charge in [-0.15, -0.1) is 0 Å². The Kier molecular flexibility index (Phi) is 2.80. The fraction of sp³-hybridized carbons (Fsp3) is 0.538. The molecule has 0 radical (unpaired) electrons. The molecule has 0 spiro atoms. The van der Waals surface area contributed by atoms with Crippen LogP contribution in [0, 0.1) is 12.3 Å². The Morgan fingerprint density at radius 2 is 2.00 bits per heavy atom. The van der Waals surface area contributed by atoms with Gasteiger partial charge >= 0.3 is 0 Å². The molecule has 0 amide bonds. The third-order valence-electron chi connectivity index (χ3n) is 3.53. The van der Waals surface area contributed by atoms with E-state index in [-0.39, 0.29) is 18.8 Å². The van der Waals surface area contributed by atoms with Gasteiger partial charge in [0.2, 0.25) is 6.79 Å². The minimum Gasteiger partial charge on any atom is -0.454 e. The van der Waals surface area contributed by atoms with Crippen LogP contribution in [0.4, 0.5) is 5.69 Å². The van der Waals surface area contributed by atoms with Crippen LogP contribution in [-0.4, -0.2) is 38.3 Å². The van der Waals surface area contributed by atoms with E-state index in [4.69, 9.17) is 14.2 Å². The van der Waals surface area contributed by atoms with Gasteiger partial charge in [0.15, 0.2) is 11.5 Å². The van der Waals surface area contributed by atoms with Crippen molar-refractivity contribution in [2.75, 3.05) is 38.5 Å². The van der Waals surface area contributed by atoms with Gasteiger partial charge in [0, 0.05) is 18.3 Å². The van der Waals surface area contributed by atoms with Gasteiger partial charge in [-0.1, -0.05) is 0 Å². The summed E-state index contributed by atoms with van der Waals surface area (Å²) < 4.78 is 15.9. The fourth-order valence-corrected chi connectivity index (χ4v) is 2.16. The van der Waals surface area contributed by atoms with Crippen molar-refractivity contribution in [3.63, 3.8) is 0 Å². The Hall–Kier alpha value is -1.46. The van der Waals surface area contributed by atoms with Crippen LogP contribution in [0.15, 0.2) is 12.1 Å². The van der Waals surface area contributed by atoms with Crippen molar-refractivity contribution in [3.05, 3.63) is 17.7 Å². The number of hydrogen-bond donors (Lipinski definition) is 2. The summed E-state index contributed by atoms with van der Waals surface area (Å²) in [7, 11) is 0. The van der Waals surface area contributed by atoms with Crippen molar-refractivity contribution in [1.29, 1.82) is 0 Å². The first-order valence-corrected chi connectivity index (χ1v) is 6.05. The number of aliphatic hydroxyl groups excluding tert-OH is 1. The summed E-state index contributed by atoms with van der Waals surface area (Å²) >= 11 is 0. The maximum absolute atomic E-state index is 9.37. The number of nitrogens with one attached hydrogen (secondary N) is 1. The number of ether oxygens (including phenoxy) is 3. The summed E-state index contributed by atoms with van der Waals surface area (Å²) in [4.78, 5) is 0. The Balaban J connectivity index is 1.73. The average Bonchev–Trinajstić information content (AvgIpc) is 2.75. The standard InChI is InChI=1S/C13H17NO4/c1-9-2-11-12(18-8-17-11)3-10(9)14-4-13(5-15)6-16-7-13/h2-3,14-15H,4-8H2,1H3. The Morgan fingerprint density at radius 1 is 1.28 bits per heavy atom. The van der Waals surface area contributed by atoms with Crippen LogP contribution >= 0.6 is 0 Å². The molecule has 5 heteroatoms. The first-order chi connectivity index (χ1) is 8.72. The summed E-state index contributed by atoms with van der Waals surface area (Å²) in [5.74, 6) is 1.56. The zero-order valence-electron chi connectivity index (χ0n) is 10.4. The van der Waals surface area contributed by atoms with E-state index in [0.717, 1.165) is 22.7 Å². The summed E-state index contributed by atoms with van der Waals surface area (Å²) in [5, 5.41) is 12.7. The number of benzene rings is 1. The van der Waals surface area contributed by atoms with E-state index in [0.29, 0.717) is 19.8 Å². The van der Waals surface area contributed by atoms with E-state index in [9.17, 15) is 5.11 Å². The Morgan fingerprint density at radius 3 is 2.61 bits per heavy atom. The number of anilines is 1. The van der Waals surface area contributed by atoms with Crippen molar-refractivity contribution in [2.24, 2.45) is 5.41 Å². The molecule has 0 aliphatic carbocycles. The lowest BCUT2D eigenvalue weighted by Gasteiger charge is -2.40. The predicted octanol–water partition coefficient (Wildman–Crippen LogP) is 1.14. The van der Waals surface area contributed by atoms with Crippen molar-refractivity contribution < 1.29 is 19.3 Å². The molecule has 2 heterocycles. The van der Waals surface area contributed by atoms with Gasteiger partial charge in [0.25, 0.3) is 0 Å². The second kappa shape index (κ2) is 4.33. The largest absolute Gasteiger partial charge is 0.454 e. The van der Waals surface area contributed by atoms with E-state index in [2.05, 4.69) is 5.32 Å². The lowest BCUT2D eigenvalue weighted by Crippen LogP contribution is -2.50. The third-order valence-corrected chi connectivity index (χ3v) is 3.53. The number of aryl methyl sites for hydroxylation is 1. The average molecular weight is 251 g/mol. The first-order valence-electron chi connectivity index (χ1n) is 6.05. The minimum atomic E-state index is -0.136. The van der Waals surface area contributed by atoms with Crippen molar-refractivity contribution in [3.8, 4) is 11.5 Å². The highest BCUT2D eigenvalue weighted by Gasteiger charge is 2.38. The van der Waals surface area contributed by atoms with Crippen LogP contribution in [-0.2, 0) is 4.74 Å². The smallest absolute Gasteiger partial charge is 0.231 e. The maximum Gasteiger partial charge on any atom is 0.231 e. The van der Waals surface area contributed by atoms with E-state index in [1.807, 2.05) is 19.1 Å². The van der Waals surface area contributed by atoms with Crippen LogP contribution in [0.3, 0.4) is 0 Å². The highest BCUT2D eigenvalue weighted by molar-refractivity contribution is 5.60. The van der Waals surface area contributed by atoms with Gasteiger partial charge in [-0.2, -0.15) is 0 Å². The normalized spacial score (nSPS) is 19.4. The minimum absolute atomic E-state index is 0.136. The molecule has 2 N–H and O–H groups in total. The number of aliphatic hydroxyl groups is 1. The molecule has 0 atom stereocenters. The van der Waals surface area contributed by atoms with Crippen LogP contribution in [0.2, 0.25) is 0 Å². The van der Waals surface area contributed by atoms with E-state index in [1.165, 1.54) is 0 Å². The molecule has 5 nitrogen and oxygen atoms in total. The molecule has 1 aromatic carbocycles. The summed E-state index contributed by atoms with van der Waals surface area (Å²) in [5.41, 5.74) is 1.98. The lowest BCUT2D eigenvalue weighted by atomic mass is 9.87. The van der Waals surface area contributed by atoms with Crippen LogP contribution in [0.1, 0.15) is 5.56 Å². The molecule has 18 heavy (non-hydrogen) atoms. The molecule has 2 aliphatic rings. The van der Waals surface area contributed by atoms with Crippen LogP contribution in [0.25, 0.3) is 0 Å². The maximum atomic E-state index is 9.37. The molecular formula is C13H17NO4. The number of rotatable bonds is 4. The van der Waals surface area contributed by atoms with Gasteiger partial charge in [-0.05, 0) is 18.6 Å². The van der Waals surface area contributed by atoms with Gasteiger partial charge < -0.3 is 24.6 Å². The molecule has 0 bridgehead atoms. The van der Waals surface area contributed by atoms with Crippen molar-refractivity contribution >= 4 is 5.69 Å². The van der Waals surface area contributed by atoms with Crippen molar-refractivity contribution in [2.45, 2.75) is 6.92 Å². The van der Waals surface area contributed by atoms with Crippen LogP contribution < -0.4 is 14.8 Å². The quantitative estimate of drug-likeness (QED) is 0.840. The topological polar surface area (TPSA) is 60.0 Å². The Bertz CT molecular complexity index is 451. The molecule has 0 aromatic heterocycles. The van der Waals surface area contributed by atoms with Crippen LogP contribution in [0.5, 0.6) is 11.5 Å². The molecule has 1 saturated heterocycles. The molecule has 2 aliphatic heterocycles. The zero-order chi connectivity index (χ0) is 12.6. The third kappa shape index (κ3) is 1.89. The first kappa shape index (κ1) is 11.6. The second-order valence-corrected chi connectivity index (χ2v) is 5.02. The SMILES string of the molecule is Cc1cc2c(cc1NCC1(CO)COC1)OCO2. The van der Waals surface area contributed by atoms with E-state index in [1.54, 1.807) is 0 Å². The summed E-state index contributed by atoms with van der Waals surface area (Å²) in [6.45, 7) is 4.37. The molecular weight excluding hydrogens is 234 g/mol. The molecule has 1 fully saturated rings. The monoisotopic (exact) mass is 251 g/mol. The van der Waals surface area contributed by atoms with Gasteiger partial charge in [-0.25, -0.2) is 0 Å². The number of fused-ring (bicyclic) bond motifs is 1. The number of hydrogen-bond acceptors (Lipinski definition) is 5. The molecule has 1 aromatic rings. The van der Waals surface area contributed by atoms with Gasteiger partial charge in [-0.3, -0.25) is 0 Å². The Labute approximate surface area is 106 Å². The van der Waals surface area contributed by atoms with E-state index < -0.39 is 0 Å². The predicted molar refractivity (Wildman–Crippen MR) is 66.1 cm³/mol. The summed E-state index contributed by atoms with van der Waals surface area (Å²) in [6, 6.07) is 3.91. The lowest BCUT2D eigenvalue weighted by molar-refractivity contribution is -0.128. The molecule has 0 saturated carbocycles. The molecule has 0 unspecified atom stereocenters. The molecule has 98 valence electrons. The molecule has 3 rings (SSSR count). The second-order valence-electron chi connectivity index (χ2n) is 5.02.